The number of rotatable bonds is 4. The normalized spacial score (nSPS) is 16.4. The number of hydrogen-bond acceptors (Lipinski definition) is 4. The molecule has 22 heavy (non-hydrogen) atoms. The molecule has 0 saturated heterocycles. The molecule has 1 aromatic heterocycles. The van der Waals surface area contributed by atoms with Crippen LogP contribution in [0.2, 0.25) is 0 Å². The van der Waals surface area contributed by atoms with Gasteiger partial charge < -0.3 is 4.74 Å². The zero-order valence-corrected chi connectivity index (χ0v) is 13.5. The van der Waals surface area contributed by atoms with E-state index in [1.807, 2.05) is 44.2 Å². The lowest BCUT2D eigenvalue weighted by atomic mass is 9.99. The van der Waals surface area contributed by atoms with Crippen molar-refractivity contribution >= 4 is 23.1 Å². The van der Waals surface area contributed by atoms with Crippen LogP contribution in [-0.2, 0) is 16.0 Å². The molecule has 4 heteroatoms. The standard InChI is InChI=1S/C18H18O3S/c1-3-21-18(20)14-10-9-13-15(11(2)22-17(13)14)16(19)12-7-5-4-6-8-12/h4-8,14H,3,9-10H2,1-2H3. The zero-order valence-electron chi connectivity index (χ0n) is 12.7. The lowest BCUT2D eigenvalue weighted by Gasteiger charge is -2.07. The molecule has 1 heterocycles. The van der Waals surface area contributed by atoms with E-state index in [1.54, 1.807) is 11.3 Å². The maximum absolute atomic E-state index is 12.8. The minimum Gasteiger partial charge on any atom is -0.465 e. The van der Waals surface area contributed by atoms with E-state index in [0.29, 0.717) is 12.2 Å². The second-order valence-corrected chi connectivity index (χ2v) is 6.67. The first kappa shape index (κ1) is 15.0. The first-order chi connectivity index (χ1) is 10.6. The lowest BCUT2D eigenvalue weighted by molar-refractivity contribution is -0.144. The fourth-order valence-corrected chi connectivity index (χ4v) is 4.39. The predicted octanol–water partition coefficient (Wildman–Crippen LogP) is 3.88. The molecule has 3 nitrogen and oxygen atoms in total. The molecule has 1 aliphatic rings. The average molecular weight is 314 g/mol. The van der Waals surface area contributed by atoms with Gasteiger partial charge in [-0.25, -0.2) is 0 Å². The van der Waals surface area contributed by atoms with E-state index in [9.17, 15) is 9.59 Å². The van der Waals surface area contributed by atoms with Crippen LogP contribution in [0.5, 0.6) is 0 Å². The van der Waals surface area contributed by atoms with Crippen LogP contribution in [0.25, 0.3) is 0 Å². The van der Waals surface area contributed by atoms with Gasteiger partial charge in [0.15, 0.2) is 5.78 Å². The Balaban J connectivity index is 1.98. The molecular weight excluding hydrogens is 296 g/mol. The molecule has 1 atom stereocenters. The summed E-state index contributed by atoms with van der Waals surface area (Å²) in [5.41, 5.74) is 2.54. The number of benzene rings is 1. The van der Waals surface area contributed by atoms with E-state index in [4.69, 9.17) is 4.74 Å². The van der Waals surface area contributed by atoms with E-state index in [0.717, 1.165) is 33.7 Å². The van der Waals surface area contributed by atoms with Crippen LogP contribution in [0.4, 0.5) is 0 Å². The van der Waals surface area contributed by atoms with Crippen LogP contribution in [0, 0.1) is 6.92 Å². The summed E-state index contributed by atoms with van der Waals surface area (Å²) >= 11 is 1.57. The third kappa shape index (κ3) is 2.48. The molecule has 0 radical (unpaired) electrons. The number of esters is 1. The number of carbonyl (C=O) groups is 2. The second kappa shape index (κ2) is 6.05. The first-order valence-electron chi connectivity index (χ1n) is 7.52. The highest BCUT2D eigenvalue weighted by Crippen LogP contribution is 2.43. The molecule has 0 N–H and O–H groups in total. The van der Waals surface area contributed by atoms with Crippen LogP contribution in [-0.4, -0.2) is 18.4 Å². The third-order valence-corrected chi connectivity index (χ3v) is 5.31. The van der Waals surface area contributed by atoms with Crippen molar-refractivity contribution in [1.29, 1.82) is 0 Å². The molecule has 0 amide bonds. The van der Waals surface area contributed by atoms with Gasteiger partial charge in [-0.05, 0) is 32.3 Å². The van der Waals surface area contributed by atoms with Crippen molar-refractivity contribution in [3.8, 4) is 0 Å². The fourth-order valence-electron chi connectivity index (χ4n) is 3.06. The third-order valence-electron chi connectivity index (χ3n) is 4.05. The second-order valence-electron chi connectivity index (χ2n) is 5.41. The molecule has 1 aliphatic carbocycles. The lowest BCUT2D eigenvalue weighted by Crippen LogP contribution is -2.12. The molecule has 3 rings (SSSR count). The fraction of sp³-hybridized carbons (Fsp3) is 0.333. The van der Waals surface area contributed by atoms with Crippen LogP contribution in [0.1, 0.15) is 50.5 Å². The van der Waals surface area contributed by atoms with Crippen LogP contribution in [0.3, 0.4) is 0 Å². The quantitative estimate of drug-likeness (QED) is 0.635. The smallest absolute Gasteiger partial charge is 0.314 e. The number of thiophene rings is 1. The van der Waals surface area contributed by atoms with Crippen molar-refractivity contribution in [2.75, 3.05) is 6.61 Å². The molecule has 114 valence electrons. The summed E-state index contributed by atoms with van der Waals surface area (Å²) in [6.07, 6.45) is 1.52. The summed E-state index contributed by atoms with van der Waals surface area (Å²) in [5, 5.41) is 0. The van der Waals surface area contributed by atoms with Crippen LogP contribution >= 0.6 is 11.3 Å². The molecule has 0 bridgehead atoms. The van der Waals surface area contributed by atoms with Gasteiger partial charge in [-0.15, -0.1) is 11.3 Å². The molecule has 0 aliphatic heterocycles. The maximum Gasteiger partial charge on any atom is 0.314 e. The highest BCUT2D eigenvalue weighted by Gasteiger charge is 2.35. The Bertz CT molecular complexity index is 715. The van der Waals surface area contributed by atoms with Gasteiger partial charge >= 0.3 is 5.97 Å². The maximum atomic E-state index is 12.8. The average Bonchev–Trinajstić information content (AvgIpc) is 3.05. The molecule has 1 aromatic carbocycles. The molecule has 2 aromatic rings. The van der Waals surface area contributed by atoms with Crippen molar-refractivity contribution in [1.82, 2.24) is 0 Å². The Morgan fingerprint density at radius 2 is 2.00 bits per heavy atom. The van der Waals surface area contributed by atoms with Gasteiger partial charge in [0.1, 0.15) is 0 Å². The Morgan fingerprint density at radius 3 is 2.68 bits per heavy atom. The van der Waals surface area contributed by atoms with E-state index >= 15 is 0 Å². The predicted molar refractivity (Wildman–Crippen MR) is 86.6 cm³/mol. The Labute approximate surface area is 133 Å². The van der Waals surface area contributed by atoms with Crippen molar-refractivity contribution < 1.29 is 14.3 Å². The molecule has 0 fully saturated rings. The van der Waals surface area contributed by atoms with Gasteiger partial charge in [-0.2, -0.15) is 0 Å². The number of fused-ring (bicyclic) bond motifs is 1. The summed E-state index contributed by atoms with van der Waals surface area (Å²) < 4.78 is 5.16. The van der Waals surface area contributed by atoms with Crippen LogP contribution in [0.15, 0.2) is 30.3 Å². The van der Waals surface area contributed by atoms with Crippen LogP contribution < -0.4 is 0 Å². The van der Waals surface area contributed by atoms with E-state index in [-0.39, 0.29) is 17.7 Å². The van der Waals surface area contributed by atoms with Gasteiger partial charge in [0, 0.05) is 20.9 Å². The first-order valence-corrected chi connectivity index (χ1v) is 8.33. The molecule has 1 unspecified atom stereocenters. The number of aryl methyl sites for hydroxylation is 1. The molecular formula is C18H18O3S. The van der Waals surface area contributed by atoms with Gasteiger partial charge in [-0.3, -0.25) is 9.59 Å². The summed E-state index contributed by atoms with van der Waals surface area (Å²) in [4.78, 5) is 26.9. The highest BCUT2D eigenvalue weighted by molar-refractivity contribution is 7.12. The summed E-state index contributed by atoms with van der Waals surface area (Å²) in [5.74, 6) is -0.308. The highest BCUT2D eigenvalue weighted by atomic mass is 32.1. The zero-order chi connectivity index (χ0) is 15.7. The minimum atomic E-state index is -0.198. The summed E-state index contributed by atoms with van der Waals surface area (Å²) in [6, 6.07) is 9.32. The van der Waals surface area contributed by atoms with Crippen molar-refractivity contribution in [2.24, 2.45) is 0 Å². The Hall–Kier alpha value is -1.94. The van der Waals surface area contributed by atoms with E-state index in [1.165, 1.54) is 0 Å². The molecule has 0 saturated carbocycles. The number of carbonyl (C=O) groups excluding carboxylic acids is 2. The van der Waals surface area contributed by atoms with Gasteiger partial charge in [-0.1, -0.05) is 30.3 Å². The van der Waals surface area contributed by atoms with Crippen molar-refractivity contribution in [3.63, 3.8) is 0 Å². The van der Waals surface area contributed by atoms with E-state index in [2.05, 4.69) is 0 Å². The van der Waals surface area contributed by atoms with Crippen molar-refractivity contribution in [2.45, 2.75) is 32.6 Å². The van der Waals surface area contributed by atoms with Crippen molar-refractivity contribution in [3.05, 3.63) is 56.8 Å². The van der Waals surface area contributed by atoms with Gasteiger partial charge in [0.05, 0.1) is 12.5 Å². The largest absolute Gasteiger partial charge is 0.465 e. The van der Waals surface area contributed by atoms with Gasteiger partial charge in [0.25, 0.3) is 0 Å². The Morgan fingerprint density at radius 1 is 1.27 bits per heavy atom. The number of hydrogen-bond donors (Lipinski definition) is 0. The SMILES string of the molecule is CCOC(=O)C1CCc2c1sc(C)c2C(=O)c1ccccc1. The Kier molecular flexibility index (Phi) is 4.12. The number of ketones is 1. The minimum absolute atomic E-state index is 0.0557. The van der Waals surface area contributed by atoms with Gasteiger partial charge in [0.2, 0.25) is 0 Å². The molecule has 0 spiro atoms. The van der Waals surface area contributed by atoms with E-state index < -0.39 is 0 Å². The summed E-state index contributed by atoms with van der Waals surface area (Å²) in [6.45, 7) is 4.17. The monoisotopic (exact) mass is 314 g/mol. The number of ether oxygens (including phenoxy) is 1. The topological polar surface area (TPSA) is 43.4 Å². The summed E-state index contributed by atoms with van der Waals surface area (Å²) in [7, 11) is 0.